The predicted molar refractivity (Wildman–Crippen MR) is 156 cm³/mol. The van der Waals surface area contributed by atoms with Gasteiger partial charge in [0.25, 0.3) is 8.32 Å². The quantitative estimate of drug-likeness (QED) is 0.167. The molecule has 0 bridgehead atoms. The van der Waals surface area contributed by atoms with E-state index < -0.39 is 8.32 Å². The maximum absolute atomic E-state index is 7.13. The highest BCUT2D eigenvalue weighted by atomic mass is 28.4. The number of hydrogen-bond donors (Lipinski definition) is 0. The van der Waals surface area contributed by atoms with Crippen LogP contribution in [0, 0.1) is 11.8 Å². The number of hydrogen-bond acceptors (Lipinski definition) is 2. The standard InChI is InChI=1S/C33H46O2Si/c1-28(24-25-34-27-30-18-9-6-10-19-30)16-15-17-29(2)26-35-36(33(3,4)5,31-20-11-7-12-21-31)32-22-13-8-14-23-32/h6-14,18-23,28-29H,15-17,24-27H2,1-5H3/t28-,29+/m0/s1. The second-order valence-corrected chi connectivity index (χ2v) is 15.7. The van der Waals surface area contributed by atoms with E-state index in [1.807, 2.05) is 6.07 Å². The molecule has 36 heavy (non-hydrogen) atoms. The van der Waals surface area contributed by atoms with Crippen molar-refractivity contribution >= 4 is 18.7 Å². The Morgan fingerprint density at radius 2 is 1.17 bits per heavy atom. The zero-order valence-corrected chi connectivity index (χ0v) is 24.1. The molecule has 0 aromatic heterocycles. The molecule has 0 N–H and O–H groups in total. The van der Waals surface area contributed by atoms with E-state index in [0.29, 0.717) is 18.4 Å². The lowest BCUT2D eigenvalue weighted by Gasteiger charge is -2.43. The minimum Gasteiger partial charge on any atom is -0.407 e. The first-order valence-corrected chi connectivity index (χ1v) is 15.6. The van der Waals surface area contributed by atoms with E-state index in [1.54, 1.807) is 0 Å². The van der Waals surface area contributed by atoms with E-state index in [4.69, 9.17) is 9.16 Å². The molecule has 0 unspecified atom stereocenters. The Bertz CT molecular complexity index is 943. The Morgan fingerprint density at radius 3 is 1.69 bits per heavy atom. The molecule has 0 radical (unpaired) electrons. The van der Waals surface area contributed by atoms with Gasteiger partial charge in [0, 0.05) is 13.2 Å². The van der Waals surface area contributed by atoms with Crippen LogP contribution in [-0.4, -0.2) is 21.5 Å². The first kappa shape index (κ1) is 28.4. The van der Waals surface area contributed by atoms with Crippen LogP contribution in [0.5, 0.6) is 0 Å². The summed E-state index contributed by atoms with van der Waals surface area (Å²) in [5.41, 5.74) is 1.25. The van der Waals surface area contributed by atoms with Gasteiger partial charge in [0.15, 0.2) is 0 Å². The molecule has 0 saturated carbocycles. The summed E-state index contributed by atoms with van der Waals surface area (Å²) in [6.45, 7) is 14.1. The predicted octanol–water partition coefficient (Wildman–Crippen LogP) is 7.61. The molecule has 3 rings (SSSR count). The Balaban J connectivity index is 1.51. The van der Waals surface area contributed by atoms with Crippen LogP contribution in [-0.2, 0) is 15.8 Å². The van der Waals surface area contributed by atoms with E-state index in [9.17, 15) is 0 Å². The topological polar surface area (TPSA) is 18.5 Å². The zero-order chi connectivity index (χ0) is 25.9. The minimum atomic E-state index is -2.44. The summed E-state index contributed by atoms with van der Waals surface area (Å²) in [5, 5.41) is 2.75. The van der Waals surface area contributed by atoms with Crippen LogP contribution in [0.2, 0.25) is 5.04 Å². The lowest BCUT2D eigenvalue weighted by molar-refractivity contribution is 0.107. The fraction of sp³-hybridized carbons (Fsp3) is 0.455. The second-order valence-electron chi connectivity index (χ2n) is 11.4. The van der Waals surface area contributed by atoms with Crippen molar-refractivity contribution in [2.24, 2.45) is 11.8 Å². The lowest BCUT2D eigenvalue weighted by Crippen LogP contribution is -2.66. The molecule has 2 nitrogen and oxygen atoms in total. The number of rotatable bonds is 14. The van der Waals surface area contributed by atoms with Crippen molar-refractivity contribution in [3.05, 3.63) is 96.6 Å². The Hall–Kier alpha value is -2.20. The zero-order valence-electron chi connectivity index (χ0n) is 23.1. The van der Waals surface area contributed by atoms with Gasteiger partial charge in [-0.3, -0.25) is 0 Å². The van der Waals surface area contributed by atoms with Gasteiger partial charge in [-0.1, -0.05) is 138 Å². The third-order valence-corrected chi connectivity index (χ3v) is 12.3. The average molecular weight is 503 g/mol. The molecule has 194 valence electrons. The van der Waals surface area contributed by atoms with E-state index >= 15 is 0 Å². The van der Waals surface area contributed by atoms with Crippen LogP contribution in [0.3, 0.4) is 0 Å². The average Bonchev–Trinajstić information content (AvgIpc) is 2.88. The Kier molecular flexibility index (Phi) is 11.0. The summed E-state index contributed by atoms with van der Waals surface area (Å²) in [7, 11) is -2.44. The molecule has 0 fully saturated rings. The largest absolute Gasteiger partial charge is 0.407 e. The van der Waals surface area contributed by atoms with Crippen molar-refractivity contribution in [1.29, 1.82) is 0 Å². The molecule has 0 saturated heterocycles. The van der Waals surface area contributed by atoms with Gasteiger partial charge in [0.2, 0.25) is 0 Å². The Labute approximate surface area is 221 Å². The molecule has 0 aliphatic rings. The monoisotopic (exact) mass is 502 g/mol. The molecule has 0 aliphatic heterocycles. The molecule has 3 aromatic carbocycles. The van der Waals surface area contributed by atoms with E-state index in [-0.39, 0.29) is 5.04 Å². The van der Waals surface area contributed by atoms with Crippen LogP contribution in [0.4, 0.5) is 0 Å². The van der Waals surface area contributed by atoms with Crippen molar-refractivity contribution in [3.63, 3.8) is 0 Å². The lowest BCUT2D eigenvalue weighted by atomic mass is 9.97. The van der Waals surface area contributed by atoms with Gasteiger partial charge in [0.05, 0.1) is 6.61 Å². The highest BCUT2D eigenvalue weighted by molar-refractivity contribution is 6.99. The van der Waals surface area contributed by atoms with Crippen molar-refractivity contribution < 1.29 is 9.16 Å². The summed E-state index contributed by atoms with van der Waals surface area (Å²) in [6.07, 6.45) is 4.82. The van der Waals surface area contributed by atoms with Gasteiger partial charge in [-0.15, -0.1) is 0 Å². The summed E-state index contributed by atoms with van der Waals surface area (Å²) in [6, 6.07) is 32.4. The first-order chi connectivity index (χ1) is 17.3. The normalized spacial score (nSPS) is 13.9. The second kappa shape index (κ2) is 13.9. The van der Waals surface area contributed by atoms with E-state index in [2.05, 4.69) is 120 Å². The van der Waals surface area contributed by atoms with Crippen molar-refractivity contribution in [1.82, 2.24) is 0 Å². The number of ether oxygens (including phenoxy) is 1. The van der Waals surface area contributed by atoms with Gasteiger partial charge in [-0.25, -0.2) is 0 Å². The SMILES string of the molecule is C[C@@H](CCC[C@@H](C)CO[Si](c1ccccc1)(c1ccccc1)C(C)(C)C)CCOCc1ccccc1. The molecular weight excluding hydrogens is 456 g/mol. The molecule has 3 aromatic rings. The summed E-state index contributed by atoms with van der Waals surface area (Å²) in [4.78, 5) is 0. The minimum absolute atomic E-state index is 0.0314. The molecular formula is C33H46O2Si. The molecule has 0 amide bonds. The van der Waals surface area contributed by atoms with Gasteiger partial charge in [-0.2, -0.15) is 0 Å². The van der Waals surface area contributed by atoms with Gasteiger partial charge >= 0.3 is 0 Å². The van der Waals surface area contributed by atoms with Crippen LogP contribution in [0.15, 0.2) is 91.0 Å². The fourth-order valence-corrected chi connectivity index (χ4v) is 9.81. The molecule has 0 heterocycles. The maximum Gasteiger partial charge on any atom is 0.261 e. The smallest absolute Gasteiger partial charge is 0.261 e. The molecule has 3 heteroatoms. The summed E-state index contributed by atoms with van der Waals surface area (Å²) < 4.78 is 13.0. The van der Waals surface area contributed by atoms with Crippen LogP contribution >= 0.6 is 0 Å². The third-order valence-electron chi connectivity index (χ3n) is 7.26. The third kappa shape index (κ3) is 7.90. The van der Waals surface area contributed by atoms with Crippen LogP contribution in [0.1, 0.15) is 65.9 Å². The maximum atomic E-state index is 7.13. The highest BCUT2D eigenvalue weighted by Gasteiger charge is 2.50. The first-order valence-electron chi connectivity index (χ1n) is 13.7. The summed E-state index contributed by atoms with van der Waals surface area (Å²) in [5.74, 6) is 1.22. The summed E-state index contributed by atoms with van der Waals surface area (Å²) >= 11 is 0. The molecule has 2 atom stereocenters. The highest BCUT2D eigenvalue weighted by Crippen LogP contribution is 2.37. The molecule has 0 aliphatic carbocycles. The molecule has 0 spiro atoms. The van der Waals surface area contributed by atoms with Crippen LogP contribution in [0.25, 0.3) is 0 Å². The van der Waals surface area contributed by atoms with Crippen molar-refractivity contribution in [2.75, 3.05) is 13.2 Å². The van der Waals surface area contributed by atoms with E-state index in [1.165, 1.54) is 35.2 Å². The van der Waals surface area contributed by atoms with Crippen LogP contribution < -0.4 is 10.4 Å². The van der Waals surface area contributed by atoms with Crippen molar-refractivity contribution in [2.45, 2.75) is 71.9 Å². The van der Waals surface area contributed by atoms with Crippen molar-refractivity contribution in [3.8, 4) is 0 Å². The van der Waals surface area contributed by atoms with E-state index in [0.717, 1.165) is 19.6 Å². The number of benzene rings is 3. The van der Waals surface area contributed by atoms with Gasteiger partial charge in [-0.05, 0) is 45.7 Å². The van der Waals surface area contributed by atoms with Gasteiger partial charge in [0.1, 0.15) is 0 Å². The fourth-order valence-electron chi connectivity index (χ4n) is 5.12. The van der Waals surface area contributed by atoms with Gasteiger partial charge < -0.3 is 9.16 Å². The Morgan fingerprint density at radius 1 is 0.667 bits per heavy atom.